The summed E-state index contributed by atoms with van der Waals surface area (Å²) in [7, 11) is 0. The van der Waals surface area contributed by atoms with E-state index in [0.717, 1.165) is 12.1 Å². The molecule has 4 nitrogen and oxygen atoms in total. The Morgan fingerprint density at radius 1 is 1.32 bits per heavy atom. The van der Waals surface area contributed by atoms with E-state index in [0.29, 0.717) is 18.9 Å². The number of ether oxygens (including phenoxy) is 1. The Hall–Kier alpha value is -1.73. The number of carbonyl (C=O) groups is 1. The molecule has 0 unspecified atom stereocenters. The summed E-state index contributed by atoms with van der Waals surface area (Å²) in [5, 5.41) is 12.1. The monoisotopic (exact) mass is 333 g/mol. The maximum atomic E-state index is 13.7. The molecule has 0 spiro atoms. The molecule has 0 saturated heterocycles. The number of aliphatic hydroxyl groups is 1. The zero-order chi connectivity index (χ0) is 16.2. The van der Waals surface area contributed by atoms with Crippen LogP contribution >= 0.6 is 11.6 Å². The second-order valence-electron chi connectivity index (χ2n) is 5.37. The second-order valence-corrected chi connectivity index (χ2v) is 5.81. The van der Waals surface area contributed by atoms with Crippen LogP contribution in [0.5, 0.6) is 0 Å². The molecule has 1 aliphatic heterocycles. The fourth-order valence-electron chi connectivity index (χ4n) is 2.27. The van der Waals surface area contributed by atoms with Crippen LogP contribution in [0.25, 0.3) is 0 Å². The van der Waals surface area contributed by atoms with E-state index in [9.17, 15) is 23.1 Å². The minimum absolute atomic E-state index is 0.0367. The van der Waals surface area contributed by atoms with Gasteiger partial charge in [0.15, 0.2) is 0 Å². The van der Waals surface area contributed by atoms with Crippen LogP contribution in [0.1, 0.15) is 18.4 Å². The molecule has 0 aromatic heterocycles. The molecule has 1 amide bonds. The van der Waals surface area contributed by atoms with E-state index in [1.165, 1.54) is 12.1 Å². The van der Waals surface area contributed by atoms with Crippen LogP contribution < -0.4 is 5.32 Å². The summed E-state index contributed by atoms with van der Waals surface area (Å²) < 4.78 is 45.7. The lowest BCUT2D eigenvalue weighted by atomic mass is 9.89. The molecular weight excluding hydrogens is 323 g/mol. The standard InChI is InChI=1S/C14H11ClF3NO3/c15-8-1-2-10-9(7-8)13(14(16,17)18,22-11(20)19-10)6-5-12(21)3-4-12/h1-2,5-7,21H,3-4H2,(H,19,20)/b6-5+/t13-/m0/s1. The van der Waals surface area contributed by atoms with E-state index in [1.54, 1.807) is 0 Å². The summed E-state index contributed by atoms with van der Waals surface area (Å²) in [6.45, 7) is 0. The lowest BCUT2D eigenvalue weighted by Crippen LogP contribution is -2.49. The maximum absolute atomic E-state index is 13.7. The molecule has 0 bridgehead atoms. The van der Waals surface area contributed by atoms with Gasteiger partial charge >= 0.3 is 12.3 Å². The van der Waals surface area contributed by atoms with E-state index in [4.69, 9.17) is 11.6 Å². The van der Waals surface area contributed by atoms with E-state index in [1.807, 2.05) is 0 Å². The first kappa shape index (κ1) is 15.2. The average molecular weight is 334 g/mol. The number of fused-ring (bicyclic) bond motifs is 1. The molecule has 1 heterocycles. The van der Waals surface area contributed by atoms with Gasteiger partial charge in [0.1, 0.15) is 0 Å². The van der Waals surface area contributed by atoms with Crippen molar-refractivity contribution in [3.63, 3.8) is 0 Å². The van der Waals surface area contributed by atoms with Crippen molar-refractivity contribution in [1.82, 2.24) is 0 Å². The number of alkyl halides is 3. The fraction of sp³-hybridized carbons (Fsp3) is 0.357. The van der Waals surface area contributed by atoms with Gasteiger partial charge in [-0.1, -0.05) is 17.7 Å². The molecule has 1 aromatic rings. The van der Waals surface area contributed by atoms with Gasteiger partial charge in [-0.15, -0.1) is 0 Å². The zero-order valence-electron chi connectivity index (χ0n) is 11.1. The quantitative estimate of drug-likeness (QED) is 0.811. The molecule has 22 heavy (non-hydrogen) atoms. The minimum atomic E-state index is -4.91. The summed E-state index contributed by atoms with van der Waals surface area (Å²) in [6, 6.07) is 3.73. The highest BCUT2D eigenvalue weighted by Gasteiger charge is 2.61. The zero-order valence-corrected chi connectivity index (χ0v) is 11.8. The lowest BCUT2D eigenvalue weighted by molar-refractivity contribution is -0.244. The van der Waals surface area contributed by atoms with Gasteiger partial charge < -0.3 is 9.84 Å². The third-order valence-electron chi connectivity index (χ3n) is 3.68. The van der Waals surface area contributed by atoms with Crippen molar-refractivity contribution in [3.05, 3.63) is 40.9 Å². The van der Waals surface area contributed by atoms with Crippen molar-refractivity contribution in [2.45, 2.75) is 30.2 Å². The molecule has 3 rings (SSSR count). The van der Waals surface area contributed by atoms with Crippen molar-refractivity contribution in [1.29, 1.82) is 0 Å². The fourth-order valence-corrected chi connectivity index (χ4v) is 2.44. The van der Waals surface area contributed by atoms with E-state index >= 15 is 0 Å². The van der Waals surface area contributed by atoms with E-state index < -0.39 is 23.5 Å². The van der Waals surface area contributed by atoms with Crippen LogP contribution in [-0.2, 0) is 10.3 Å². The summed E-state index contributed by atoms with van der Waals surface area (Å²) in [5.74, 6) is 0. The van der Waals surface area contributed by atoms with Crippen LogP contribution in [-0.4, -0.2) is 23.0 Å². The van der Waals surface area contributed by atoms with Gasteiger partial charge in [0, 0.05) is 10.6 Å². The van der Waals surface area contributed by atoms with Crippen molar-refractivity contribution in [2.75, 3.05) is 5.32 Å². The molecular formula is C14H11ClF3NO3. The number of hydrogen-bond donors (Lipinski definition) is 2. The molecule has 1 atom stereocenters. The van der Waals surface area contributed by atoms with Crippen LogP contribution in [0, 0.1) is 0 Å². The Morgan fingerprint density at radius 3 is 2.59 bits per heavy atom. The molecule has 1 saturated carbocycles. The topological polar surface area (TPSA) is 58.6 Å². The summed E-state index contributed by atoms with van der Waals surface area (Å²) >= 11 is 5.78. The predicted molar refractivity (Wildman–Crippen MR) is 72.6 cm³/mol. The van der Waals surface area contributed by atoms with Gasteiger partial charge in [0.2, 0.25) is 0 Å². The normalized spacial score (nSPS) is 26.3. The highest BCUT2D eigenvalue weighted by Crippen LogP contribution is 2.50. The van der Waals surface area contributed by atoms with Gasteiger partial charge in [-0.2, -0.15) is 13.2 Å². The number of hydrogen-bond acceptors (Lipinski definition) is 3. The first-order valence-electron chi connectivity index (χ1n) is 6.45. The predicted octanol–water partition coefficient (Wildman–Crippen LogP) is 3.74. The SMILES string of the molecule is O=C1Nc2ccc(Cl)cc2[C@@](/C=C/C2(O)CC2)(C(F)(F)F)O1. The molecule has 8 heteroatoms. The van der Waals surface area contributed by atoms with Gasteiger partial charge in [0.05, 0.1) is 11.3 Å². The third-order valence-corrected chi connectivity index (χ3v) is 3.92. The van der Waals surface area contributed by atoms with Crippen molar-refractivity contribution >= 4 is 23.4 Å². The number of halogens is 4. The van der Waals surface area contributed by atoms with Gasteiger partial charge in [-0.05, 0) is 37.1 Å². The van der Waals surface area contributed by atoms with Crippen molar-refractivity contribution in [3.8, 4) is 0 Å². The number of nitrogens with one attached hydrogen (secondary N) is 1. The Bertz CT molecular complexity index is 670. The third kappa shape index (κ3) is 2.44. The Balaban J connectivity index is 2.19. The van der Waals surface area contributed by atoms with Crippen LogP contribution in [0.3, 0.4) is 0 Å². The molecule has 1 aliphatic carbocycles. The van der Waals surface area contributed by atoms with Crippen molar-refractivity contribution < 1.29 is 27.8 Å². The van der Waals surface area contributed by atoms with E-state index in [-0.39, 0.29) is 16.3 Å². The van der Waals surface area contributed by atoms with E-state index in [2.05, 4.69) is 10.1 Å². The Kier molecular flexibility index (Phi) is 3.19. The minimum Gasteiger partial charge on any atom is -0.424 e. The number of carbonyl (C=O) groups excluding carboxylic acids is 1. The first-order chi connectivity index (χ1) is 10.2. The molecule has 2 aliphatic rings. The van der Waals surface area contributed by atoms with Gasteiger partial charge in [-0.3, -0.25) is 5.32 Å². The molecule has 2 N–H and O–H groups in total. The van der Waals surface area contributed by atoms with Crippen LogP contribution in [0.15, 0.2) is 30.4 Å². The number of anilines is 1. The highest BCUT2D eigenvalue weighted by atomic mass is 35.5. The highest BCUT2D eigenvalue weighted by molar-refractivity contribution is 6.30. The molecule has 0 radical (unpaired) electrons. The summed E-state index contributed by atoms with van der Waals surface area (Å²) in [6.07, 6.45) is -3.68. The van der Waals surface area contributed by atoms with Crippen LogP contribution in [0.4, 0.5) is 23.7 Å². The Labute approximate surface area is 128 Å². The smallest absolute Gasteiger partial charge is 0.424 e. The summed E-state index contributed by atoms with van der Waals surface area (Å²) in [5.41, 5.74) is -4.61. The maximum Gasteiger partial charge on any atom is 0.436 e. The molecule has 1 aromatic carbocycles. The van der Waals surface area contributed by atoms with Gasteiger partial charge in [0.25, 0.3) is 5.60 Å². The second kappa shape index (κ2) is 4.63. The van der Waals surface area contributed by atoms with Crippen LogP contribution in [0.2, 0.25) is 5.02 Å². The number of cyclic esters (lactones) is 1. The first-order valence-corrected chi connectivity index (χ1v) is 6.83. The average Bonchev–Trinajstić information content (AvgIpc) is 3.14. The molecule has 1 fully saturated rings. The number of benzene rings is 1. The van der Waals surface area contributed by atoms with Gasteiger partial charge in [-0.25, -0.2) is 4.79 Å². The van der Waals surface area contributed by atoms with Crippen molar-refractivity contribution in [2.24, 2.45) is 0 Å². The summed E-state index contributed by atoms with van der Waals surface area (Å²) in [4.78, 5) is 11.6. The Morgan fingerprint density at radius 2 is 2.00 bits per heavy atom. The number of rotatable bonds is 2. The largest absolute Gasteiger partial charge is 0.436 e. The molecule has 118 valence electrons. The number of amides is 1. The lowest BCUT2D eigenvalue weighted by Gasteiger charge is -2.37.